The van der Waals surface area contributed by atoms with Crippen LogP contribution in [0.2, 0.25) is 0 Å². The van der Waals surface area contributed by atoms with E-state index in [0.717, 1.165) is 0 Å². The average molecular weight is 179 g/mol. The Labute approximate surface area is 75.4 Å². The highest BCUT2D eigenvalue weighted by Crippen LogP contribution is 2.26. The van der Waals surface area contributed by atoms with Crippen LogP contribution in [0.25, 0.3) is 11.1 Å². The van der Waals surface area contributed by atoms with E-state index in [2.05, 4.69) is 4.98 Å². The molecule has 0 bridgehead atoms. The standard InChI is InChI=1S/C10H10FNO/c1-6(2)9-7(11)3-4-8-10(9)12-5-13-8/h3-6H,1-2H3. The van der Waals surface area contributed by atoms with Crippen molar-refractivity contribution >= 4 is 11.1 Å². The van der Waals surface area contributed by atoms with E-state index in [0.29, 0.717) is 16.7 Å². The summed E-state index contributed by atoms with van der Waals surface area (Å²) in [6.45, 7) is 3.87. The number of hydrogen-bond donors (Lipinski definition) is 0. The first-order valence-corrected chi connectivity index (χ1v) is 4.21. The Kier molecular flexibility index (Phi) is 1.79. The van der Waals surface area contributed by atoms with Crippen LogP contribution in [-0.4, -0.2) is 4.98 Å². The molecule has 0 fully saturated rings. The van der Waals surface area contributed by atoms with Gasteiger partial charge < -0.3 is 4.42 Å². The Hall–Kier alpha value is -1.38. The van der Waals surface area contributed by atoms with Crippen molar-refractivity contribution < 1.29 is 8.81 Å². The minimum atomic E-state index is -0.212. The van der Waals surface area contributed by atoms with Crippen LogP contribution in [0.15, 0.2) is 22.9 Å². The maximum Gasteiger partial charge on any atom is 0.181 e. The summed E-state index contributed by atoms with van der Waals surface area (Å²) in [5.74, 6) is -0.0924. The van der Waals surface area contributed by atoms with Crippen molar-refractivity contribution in [3.05, 3.63) is 29.9 Å². The molecule has 0 N–H and O–H groups in total. The van der Waals surface area contributed by atoms with Gasteiger partial charge in [-0.15, -0.1) is 0 Å². The second-order valence-electron chi connectivity index (χ2n) is 3.31. The molecule has 0 unspecified atom stereocenters. The molecule has 2 aromatic rings. The van der Waals surface area contributed by atoms with Crippen molar-refractivity contribution in [1.82, 2.24) is 4.98 Å². The van der Waals surface area contributed by atoms with Gasteiger partial charge in [-0.25, -0.2) is 9.37 Å². The minimum absolute atomic E-state index is 0.119. The quantitative estimate of drug-likeness (QED) is 0.672. The Morgan fingerprint density at radius 3 is 2.85 bits per heavy atom. The molecule has 0 atom stereocenters. The van der Waals surface area contributed by atoms with Gasteiger partial charge in [0.15, 0.2) is 12.0 Å². The molecule has 0 aliphatic carbocycles. The average Bonchev–Trinajstić information content (AvgIpc) is 2.50. The summed E-state index contributed by atoms with van der Waals surface area (Å²) in [7, 11) is 0. The van der Waals surface area contributed by atoms with Gasteiger partial charge >= 0.3 is 0 Å². The number of aromatic nitrogens is 1. The van der Waals surface area contributed by atoms with Gasteiger partial charge in [-0.3, -0.25) is 0 Å². The molecule has 0 aliphatic rings. The molecule has 0 aliphatic heterocycles. The summed E-state index contributed by atoms with van der Waals surface area (Å²) in [4.78, 5) is 3.99. The molecule has 0 radical (unpaired) electrons. The molecule has 2 nitrogen and oxygen atoms in total. The Bertz CT molecular complexity index is 433. The molecule has 1 aromatic carbocycles. The number of rotatable bonds is 1. The summed E-state index contributed by atoms with van der Waals surface area (Å²) < 4.78 is 18.5. The van der Waals surface area contributed by atoms with Crippen molar-refractivity contribution in [2.45, 2.75) is 19.8 Å². The van der Waals surface area contributed by atoms with Crippen LogP contribution in [0, 0.1) is 5.82 Å². The van der Waals surface area contributed by atoms with E-state index >= 15 is 0 Å². The van der Waals surface area contributed by atoms with E-state index < -0.39 is 0 Å². The zero-order chi connectivity index (χ0) is 9.42. The third-order valence-electron chi connectivity index (χ3n) is 2.07. The van der Waals surface area contributed by atoms with E-state index in [1.54, 1.807) is 6.07 Å². The lowest BCUT2D eigenvalue weighted by Gasteiger charge is -2.06. The molecular formula is C10H10FNO. The van der Waals surface area contributed by atoms with Crippen molar-refractivity contribution in [2.75, 3.05) is 0 Å². The SMILES string of the molecule is CC(C)c1c(F)ccc2ocnc12. The minimum Gasteiger partial charge on any atom is -0.443 e. The molecule has 3 heteroatoms. The fourth-order valence-corrected chi connectivity index (χ4v) is 1.48. The monoisotopic (exact) mass is 179 g/mol. The third kappa shape index (κ3) is 1.20. The van der Waals surface area contributed by atoms with Gasteiger partial charge in [0.1, 0.15) is 11.3 Å². The van der Waals surface area contributed by atoms with Gasteiger partial charge in [-0.2, -0.15) is 0 Å². The first-order valence-electron chi connectivity index (χ1n) is 4.21. The van der Waals surface area contributed by atoms with E-state index in [1.807, 2.05) is 13.8 Å². The van der Waals surface area contributed by atoms with Gasteiger partial charge in [-0.05, 0) is 18.1 Å². The van der Waals surface area contributed by atoms with Gasteiger partial charge in [0.25, 0.3) is 0 Å². The van der Waals surface area contributed by atoms with Crippen molar-refractivity contribution in [1.29, 1.82) is 0 Å². The summed E-state index contributed by atoms with van der Waals surface area (Å²) in [5.41, 5.74) is 1.91. The van der Waals surface area contributed by atoms with Gasteiger partial charge in [0.2, 0.25) is 0 Å². The van der Waals surface area contributed by atoms with Crippen LogP contribution in [0.3, 0.4) is 0 Å². The second-order valence-corrected chi connectivity index (χ2v) is 3.31. The maximum absolute atomic E-state index is 13.4. The van der Waals surface area contributed by atoms with Crippen LogP contribution in [0.4, 0.5) is 4.39 Å². The highest BCUT2D eigenvalue weighted by Gasteiger charge is 2.13. The largest absolute Gasteiger partial charge is 0.443 e. The van der Waals surface area contributed by atoms with E-state index in [-0.39, 0.29) is 11.7 Å². The number of hydrogen-bond acceptors (Lipinski definition) is 2. The molecule has 68 valence electrons. The van der Waals surface area contributed by atoms with Gasteiger partial charge in [0.05, 0.1) is 0 Å². The Morgan fingerprint density at radius 2 is 2.15 bits per heavy atom. The first-order chi connectivity index (χ1) is 6.20. The molecule has 13 heavy (non-hydrogen) atoms. The zero-order valence-corrected chi connectivity index (χ0v) is 7.54. The van der Waals surface area contributed by atoms with Crippen molar-refractivity contribution in [3.63, 3.8) is 0 Å². The molecule has 0 amide bonds. The summed E-state index contributed by atoms with van der Waals surface area (Å²) in [6, 6.07) is 3.02. The topological polar surface area (TPSA) is 26.0 Å². The van der Waals surface area contributed by atoms with Crippen molar-refractivity contribution in [2.24, 2.45) is 0 Å². The normalized spacial score (nSPS) is 11.4. The highest BCUT2D eigenvalue weighted by atomic mass is 19.1. The lowest BCUT2D eigenvalue weighted by molar-refractivity contribution is 0.592. The number of halogens is 1. The predicted octanol–water partition coefficient (Wildman–Crippen LogP) is 3.09. The van der Waals surface area contributed by atoms with Crippen LogP contribution in [-0.2, 0) is 0 Å². The molecule has 0 saturated heterocycles. The van der Waals surface area contributed by atoms with E-state index in [9.17, 15) is 4.39 Å². The number of benzene rings is 1. The molecule has 0 spiro atoms. The second kappa shape index (κ2) is 2.83. The molecule has 2 rings (SSSR count). The van der Waals surface area contributed by atoms with Crippen molar-refractivity contribution in [3.8, 4) is 0 Å². The molecule has 1 aromatic heterocycles. The van der Waals surface area contributed by atoms with Gasteiger partial charge in [0, 0.05) is 5.56 Å². The number of oxazole rings is 1. The fraction of sp³-hybridized carbons (Fsp3) is 0.300. The van der Waals surface area contributed by atoms with Crippen LogP contribution in [0.5, 0.6) is 0 Å². The fourth-order valence-electron chi connectivity index (χ4n) is 1.48. The van der Waals surface area contributed by atoms with Gasteiger partial charge in [-0.1, -0.05) is 13.8 Å². The van der Waals surface area contributed by atoms with Crippen LogP contribution in [0.1, 0.15) is 25.3 Å². The van der Waals surface area contributed by atoms with E-state index in [1.165, 1.54) is 12.5 Å². The summed E-state index contributed by atoms with van der Waals surface area (Å²) in [6.07, 6.45) is 1.34. The predicted molar refractivity (Wildman–Crippen MR) is 48.1 cm³/mol. The molecular weight excluding hydrogens is 169 g/mol. The molecule has 0 saturated carbocycles. The smallest absolute Gasteiger partial charge is 0.181 e. The zero-order valence-electron chi connectivity index (χ0n) is 7.54. The van der Waals surface area contributed by atoms with Crippen LogP contribution >= 0.6 is 0 Å². The lowest BCUT2D eigenvalue weighted by Crippen LogP contribution is -1.94. The van der Waals surface area contributed by atoms with Crippen LogP contribution < -0.4 is 0 Å². The lowest BCUT2D eigenvalue weighted by atomic mass is 10.0. The molecule has 1 heterocycles. The maximum atomic E-state index is 13.4. The first kappa shape index (κ1) is 8.23. The number of fused-ring (bicyclic) bond motifs is 1. The Morgan fingerprint density at radius 1 is 1.38 bits per heavy atom. The highest BCUT2D eigenvalue weighted by molar-refractivity contribution is 5.76. The summed E-state index contributed by atoms with van der Waals surface area (Å²) >= 11 is 0. The Balaban J connectivity index is 2.80. The summed E-state index contributed by atoms with van der Waals surface area (Å²) in [5, 5.41) is 0. The number of nitrogens with zero attached hydrogens (tertiary/aromatic N) is 1. The van der Waals surface area contributed by atoms with E-state index in [4.69, 9.17) is 4.42 Å². The third-order valence-corrected chi connectivity index (χ3v) is 2.07.